The van der Waals surface area contributed by atoms with Crippen molar-refractivity contribution in [2.45, 2.75) is 23.4 Å². The molecule has 1 fully saturated rings. The first-order chi connectivity index (χ1) is 12.9. The smallest absolute Gasteiger partial charge is 0.272 e. The number of piperidine rings is 1. The van der Waals surface area contributed by atoms with Gasteiger partial charge >= 0.3 is 0 Å². The molecule has 0 aromatic heterocycles. The van der Waals surface area contributed by atoms with E-state index in [9.17, 15) is 17.6 Å². The van der Waals surface area contributed by atoms with Gasteiger partial charge in [0.1, 0.15) is 17.2 Å². The molecule has 2 aromatic rings. The van der Waals surface area contributed by atoms with Crippen molar-refractivity contribution >= 4 is 21.6 Å². The number of carbonyl (C=O) groups is 1. The molecule has 2 aliphatic heterocycles. The first kappa shape index (κ1) is 17.8. The van der Waals surface area contributed by atoms with Crippen LogP contribution < -0.4 is 5.32 Å². The van der Waals surface area contributed by atoms with E-state index in [4.69, 9.17) is 0 Å². The Balaban J connectivity index is 1.53. The zero-order valence-electron chi connectivity index (χ0n) is 14.4. The van der Waals surface area contributed by atoms with Crippen LogP contribution in [-0.2, 0) is 14.8 Å². The van der Waals surface area contributed by atoms with Crippen LogP contribution in [0.2, 0.25) is 0 Å². The number of amides is 1. The minimum absolute atomic E-state index is 0.256. The van der Waals surface area contributed by atoms with Gasteiger partial charge in [0, 0.05) is 31.5 Å². The number of hydrogen-bond acceptors (Lipinski definition) is 4. The van der Waals surface area contributed by atoms with Gasteiger partial charge < -0.3 is 5.32 Å². The lowest BCUT2D eigenvalue weighted by molar-refractivity contribution is -0.115. The molecule has 2 heterocycles. The van der Waals surface area contributed by atoms with Crippen molar-refractivity contribution in [3.63, 3.8) is 0 Å². The van der Waals surface area contributed by atoms with E-state index >= 15 is 0 Å². The van der Waals surface area contributed by atoms with Gasteiger partial charge in [-0.15, -0.1) is 0 Å². The Labute approximate surface area is 156 Å². The lowest BCUT2D eigenvalue weighted by Gasteiger charge is -2.36. The Morgan fingerprint density at radius 2 is 1.63 bits per heavy atom. The number of halogens is 1. The van der Waals surface area contributed by atoms with E-state index in [0.717, 1.165) is 0 Å². The first-order valence-electron chi connectivity index (χ1n) is 8.63. The van der Waals surface area contributed by atoms with E-state index in [0.29, 0.717) is 18.4 Å². The van der Waals surface area contributed by atoms with Gasteiger partial charge in [0.2, 0.25) is 10.0 Å². The molecule has 0 bridgehead atoms. The normalized spacial score (nSPS) is 19.7. The summed E-state index contributed by atoms with van der Waals surface area (Å²) in [5, 5.41) is 2.89. The van der Waals surface area contributed by atoms with Crippen LogP contribution in [0.3, 0.4) is 0 Å². The Bertz CT molecular complexity index is 996. The van der Waals surface area contributed by atoms with Crippen LogP contribution in [0.1, 0.15) is 18.4 Å². The van der Waals surface area contributed by atoms with Gasteiger partial charge in [0.15, 0.2) is 0 Å². The average Bonchev–Trinajstić information content (AvgIpc) is 2.99. The highest BCUT2D eigenvalue weighted by Gasteiger charge is 2.44. The maximum absolute atomic E-state index is 13.1. The monoisotopic (exact) mass is 387 g/mol. The molecule has 27 heavy (non-hydrogen) atoms. The summed E-state index contributed by atoms with van der Waals surface area (Å²) < 4.78 is 40.0. The van der Waals surface area contributed by atoms with Crippen molar-refractivity contribution in [1.29, 1.82) is 0 Å². The Morgan fingerprint density at radius 1 is 1.00 bits per heavy atom. The molecule has 0 radical (unpaired) electrons. The Morgan fingerprint density at radius 3 is 2.26 bits per heavy atom. The molecule has 0 unspecified atom stereocenters. The predicted molar refractivity (Wildman–Crippen MR) is 98.2 cm³/mol. The van der Waals surface area contributed by atoms with Crippen molar-refractivity contribution in [3.8, 4) is 0 Å². The molecule has 140 valence electrons. The highest BCUT2D eigenvalue weighted by atomic mass is 32.2. The minimum atomic E-state index is -3.56. The highest BCUT2D eigenvalue weighted by molar-refractivity contribution is 7.89. The average molecular weight is 387 g/mol. The summed E-state index contributed by atoms with van der Waals surface area (Å²) in [4.78, 5) is 17.2. The van der Waals surface area contributed by atoms with Crippen molar-refractivity contribution in [3.05, 3.63) is 66.0 Å². The molecule has 8 heteroatoms. The number of hydrogen-bond donors (Lipinski definition) is 1. The Kier molecular flexibility index (Phi) is 4.32. The third-order valence-corrected chi connectivity index (χ3v) is 6.85. The van der Waals surface area contributed by atoms with E-state index in [-0.39, 0.29) is 35.4 Å². The second kappa shape index (κ2) is 6.54. The summed E-state index contributed by atoms with van der Waals surface area (Å²) in [6.45, 7) is 0.523. The Hall–Kier alpha value is -2.58. The molecule has 1 N–H and O–H groups in total. The second-order valence-electron chi connectivity index (χ2n) is 6.67. The second-order valence-corrected chi connectivity index (χ2v) is 8.61. The van der Waals surface area contributed by atoms with E-state index in [2.05, 4.69) is 10.3 Å². The van der Waals surface area contributed by atoms with Crippen LogP contribution in [0, 0.1) is 5.82 Å². The van der Waals surface area contributed by atoms with E-state index in [1.165, 1.54) is 28.6 Å². The quantitative estimate of drug-likeness (QED) is 0.874. The third kappa shape index (κ3) is 3.26. The molecule has 6 nitrogen and oxygen atoms in total. The molecule has 1 amide bonds. The van der Waals surface area contributed by atoms with Crippen LogP contribution in [0.5, 0.6) is 0 Å². The zero-order valence-corrected chi connectivity index (χ0v) is 15.2. The number of rotatable bonds is 3. The highest BCUT2D eigenvalue weighted by Crippen LogP contribution is 2.31. The van der Waals surface area contributed by atoms with Gasteiger partial charge in [-0.25, -0.2) is 12.8 Å². The SMILES string of the molecule is O=C1NC2(CCN(S(=O)(=O)c3ccccc3)CC2)N=C1c1ccc(F)cc1. The van der Waals surface area contributed by atoms with Gasteiger partial charge in [-0.1, -0.05) is 18.2 Å². The fraction of sp³-hybridized carbons (Fsp3) is 0.263. The molecule has 0 atom stereocenters. The summed E-state index contributed by atoms with van der Waals surface area (Å²) >= 11 is 0. The molecule has 0 aliphatic carbocycles. The molecular formula is C19H18FN3O3S. The van der Waals surface area contributed by atoms with E-state index in [1.807, 2.05) is 0 Å². The van der Waals surface area contributed by atoms with Gasteiger partial charge in [0.05, 0.1) is 4.90 Å². The molecule has 0 saturated carbocycles. The van der Waals surface area contributed by atoms with Crippen molar-refractivity contribution in [1.82, 2.24) is 9.62 Å². The van der Waals surface area contributed by atoms with Gasteiger partial charge in [-0.2, -0.15) is 4.31 Å². The number of aliphatic imine (C=N–C) groups is 1. The number of carbonyl (C=O) groups excluding carboxylic acids is 1. The topological polar surface area (TPSA) is 78.8 Å². The largest absolute Gasteiger partial charge is 0.326 e. The molecule has 2 aromatic carbocycles. The number of sulfonamides is 1. The summed E-state index contributed by atoms with van der Waals surface area (Å²) in [5.41, 5.74) is 0.00300. The molecular weight excluding hydrogens is 369 g/mol. The van der Waals surface area contributed by atoms with Crippen LogP contribution in [0.25, 0.3) is 0 Å². The van der Waals surface area contributed by atoms with E-state index in [1.54, 1.807) is 30.3 Å². The van der Waals surface area contributed by atoms with Crippen LogP contribution >= 0.6 is 0 Å². The predicted octanol–water partition coefficient (Wildman–Crippen LogP) is 1.93. The number of nitrogens with zero attached hydrogens (tertiary/aromatic N) is 2. The summed E-state index contributed by atoms with van der Waals surface area (Å²) in [7, 11) is -3.56. The van der Waals surface area contributed by atoms with Crippen LogP contribution in [0.15, 0.2) is 64.5 Å². The van der Waals surface area contributed by atoms with Crippen molar-refractivity contribution < 1.29 is 17.6 Å². The lowest BCUT2D eigenvalue weighted by Crippen LogP contribution is -2.52. The molecule has 2 aliphatic rings. The minimum Gasteiger partial charge on any atom is -0.326 e. The third-order valence-electron chi connectivity index (χ3n) is 4.94. The fourth-order valence-corrected chi connectivity index (χ4v) is 4.90. The van der Waals surface area contributed by atoms with E-state index < -0.39 is 15.7 Å². The number of nitrogens with one attached hydrogen (secondary N) is 1. The molecule has 1 saturated heterocycles. The van der Waals surface area contributed by atoms with Crippen LogP contribution in [-0.4, -0.2) is 43.1 Å². The van der Waals surface area contributed by atoms with Crippen molar-refractivity contribution in [2.24, 2.45) is 4.99 Å². The zero-order chi connectivity index (χ0) is 19.1. The molecule has 4 rings (SSSR count). The summed E-state index contributed by atoms with van der Waals surface area (Å²) in [6.07, 6.45) is 0.769. The van der Waals surface area contributed by atoms with Crippen LogP contribution in [0.4, 0.5) is 4.39 Å². The maximum Gasteiger partial charge on any atom is 0.272 e. The van der Waals surface area contributed by atoms with Gasteiger partial charge in [-0.05, 0) is 36.4 Å². The molecule has 1 spiro atoms. The summed E-state index contributed by atoms with van der Waals surface area (Å²) in [5.74, 6) is -0.701. The van der Waals surface area contributed by atoms with Gasteiger partial charge in [0.25, 0.3) is 5.91 Å². The summed E-state index contributed by atoms with van der Waals surface area (Å²) in [6, 6.07) is 13.9. The fourth-order valence-electron chi connectivity index (χ4n) is 3.44. The lowest BCUT2D eigenvalue weighted by atomic mass is 10.00. The first-order valence-corrected chi connectivity index (χ1v) is 10.1. The maximum atomic E-state index is 13.1. The standard InChI is InChI=1S/C19H18FN3O3S/c20-15-8-6-14(7-9-15)17-18(24)22-19(21-17)10-12-23(13-11-19)27(25,26)16-4-2-1-3-5-16/h1-9H,10-13H2,(H,22,24). The van der Waals surface area contributed by atoms with Crippen molar-refractivity contribution in [2.75, 3.05) is 13.1 Å². The van der Waals surface area contributed by atoms with Gasteiger partial charge in [-0.3, -0.25) is 9.79 Å². The number of benzene rings is 2.